The van der Waals surface area contributed by atoms with Gasteiger partial charge in [0.1, 0.15) is 11.9 Å². The van der Waals surface area contributed by atoms with Crippen LogP contribution in [-0.2, 0) is 16.0 Å². The Labute approximate surface area is 169 Å². The van der Waals surface area contributed by atoms with Gasteiger partial charge >= 0.3 is 6.03 Å². The molecule has 2 aliphatic heterocycles. The minimum atomic E-state index is -0.627. The molecule has 0 spiro atoms. The number of nitrogens with one attached hydrogen (secondary N) is 1. The molecule has 1 saturated heterocycles. The van der Waals surface area contributed by atoms with Crippen LogP contribution in [0.4, 0.5) is 10.6 Å². The highest BCUT2D eigenvalue weighted by atomic mass is 16.5. The summed E-state index contributed by atoms with van der Waals surface area (Å²) in [5.74, 6) is 0.577. The summed E-state index contributed by atoms with van der Waals surface area (Å²) in [6.45, 7) is 3.89. The highest BCUT2D eigenvalue weighted by Gasteiger charge is 2.26. The molecule has 0 saturated carbocycles. The Morgan fingerprint density at radius 1 is 1.21 bits per heavy atom. The van der Waals surface area contributed by atoms with Gasteiger partial charge in [0.25, 0.3) is 0 Å². The van der Waals surface area contributed by atoms with E-state index in [0.29, 0.717) is 18.8 Å². The van der Waals surface area contributed by atoms with E-state index >= 15 is 0 Å². The van der Waals surface area contributed by atoms with Gasteiger partial charge in [0.2, 0.25) is 0 Å². The van der Waals surface area contributed by atoms with Crippen LogP contribution in [0.15, 0.2) is 30.7 Å². The number of ether oxygens (including phenoxy) is 1. The Bertz CT molecular complexity index is 926. The molecule has 0 aromatic carbocycles. The maximum Gasteiger partial charge on any atom is 0.320 e. The normalized spacial score (nSPS) is 17.8. The number of Topliss-reactive ketones (excluding diaryl/α,β-unsaturated/α-hetero) is 1. The SMILES string of the molecule is CC(=O)C(OC1CCNCC1)c1cncc(-c2cnc3c(c2)CCN3C(N)=O)c1. The van der Waals surface area contributed by atoms with Crippen LogP contribution >= 0.6 is 0 Å². The van der Waals surface area contributed by atoms with Crippen molar-refractivity contribution < 1.29 is 14.3 Å². The first-order chi connectivity index (χ1) is 14.0. The molecule has 4 rings (SSSR count). The van der Waals surface area contributed by atoms with Crippen molar-refractivity contribution >= 4 is 17.6 Å². The highest BCUT2D eigenvalue weighted by molar-refractivity contribution is 5.92. The monoisotopic (exact) mass is 395 g/mol. The summed E-state index contributed by atoms with van der Waals surface area (Å²) in [5, 5.41) is 3.30. The van der Waals surface area contributed by atoms with Gasteiger partial charge in [-0.1, -0.05) is 0 Å². The van der Waals surface area contributed by atoms with Crippen molar-refractivity contribution in [2.75, 3.05) is 24.5 Å². The highest BCUT2D eigenvalue weighted by Crippen LogP contribution is 2.31. The number of hydrogen-bond acceptors (Lipinski definition) is 6. The second-order valence-electron chi connectivity index (χ2n) is 7.53. The Kier molecular flexibility index (Phi) is 5.55. The van der Waals surface area contributed by atoms with Gasteiger partial charge in [-0.15, -0.1) is 0 Å². The van der Waals surface area contributed by atoms with Gasteiger partial charge in [-0.3, -0.25) is 14.7 Å². The van der Waals surface area contributed by atoms with Crippen LogP contribution in [0.3, 0.4) is 0 Å². The molecule has 1 atom stereocenters. The number of primary amides is 1. The summed E-state index contributed by atoms with van der Waals surface area (Å²) < 4.78 is 6.14. The lowest BCUT2D eigenvalue weighted by Gasteiger charge is -2.27. The van der Waals surface area contributed by atoms with E-state index in [0.717, 1.165) is 48.2 Å². The van der Waals surface area contributed by atoms with E-state index in [-0.39, 0.29) is 11.9 Å². The number of rotatable bonds is 5. The molecule has 4 heterocycles. The summed E-state index contributed by atoms with van der Waals surface area (Å²) in [5.41, 5.74) is 8.86. The summed E-state index contributed by atoms with van der Waals surface area (Å²) >= 11 is 0. The van der Waals surface area contributed by atoms with Crippen molar-refractivity contribution in [3.8, 4) is 11.1 Å². The first-order valence-electron chi connectivity index (χ1n) is 9.91. The first kappa shape index (κ1) is 19.5. The van der Waals surface area contributed by atoms with E-state index in [1.54, 1.807) is 25.5 Å². The van der Waals surface area contributed by atoms with E-state index < -0.39 is 12.1 Å². The second kappa shape index (κ2) is 8.26. The van der Waals surface area contributed by atoms with Crippen molar-refractivity contribution in [3.05, 3.63) is 41.9 Å². The number of ketones is 1. The predicted molar refractivity (Wildman–Crippen MR) is 109 cm³/mol. The molecule has 0 bridgehead atoms. The Balaban J connectivity index is 1.59. The van der Waals surface area contributed by atoms with Crippen LogP contribution in [0.5, 0.6) is 0 Å². The molecule has 0 radical (unpaired) electrons. The first-order valence-corrected chi connectivity index (χ1v) is 9.91. The van der Waals surface area contributed by atoms with E-state index in [4.69, 9.17) is 10.5 Å². The van der Waals surface area contributed by atoms with Gasteiger partial charge in [-0.2, -0.15) is 0 Å². The predicted octanol–water partition coefficient (Wildman–Crippen LogP) is 1.98. The maximum absolute atomic E-state index is 12.3. The van der Waals surface area contributed by atoms with E-state index in [9.17, 15) is 9.59 Å². The number of aromatic nitrogens is 2. The molecule has 0 aliphatic carbocycles. The summed E-state index contributed by atoms with van der Waals surface area (Å²) in [6.07, 6.45) is 7.07. The molecular formula is C21H25N5O3. The lowest BCUT2D eigenvalue weighted by atomic mass is 10.0. The summed E-state index contributed by atoms with van der Waals surface area (Å²) in [6, 6.07) is 3.44. The van der Waals surface area contributed by atoms with Gasteiger partial charge in [0, 0.05) is 41.8 Å². The fraction of sp³-hybridized carbons (Fsp3) is 0.429. The van der Waals surface area contributed by atoms with Crippen LogP contribution in [0.1, 0.15) is 37.0 Å². The number of piperidine rings is 1. The van der Waals surface area contributed by atoms with Gasteiger partial charge in [-0.05, 0) is 57.0 Å². The molecule has 1 unspecified atom stereocenters. The van der Waals surface area contributed by atoms with E-state index in [2.05, 4.69) is 15.3 Å². The van der Waals surface area contributed by atoms with Gasteiger partial charge in [-0.25, -0.2) is 9.78 Å². The lowest BCUT2D eigenvalue weighted by molar-refractivity contribution is -0.134. The molecule has 152 valence electrons. The number of anilines is 1. The molecule has 2 aromatic rings. The Hall–Kier alpha value is -2.84. The summed E-state index contributed by atoms with van der Waals surface area (Å²) in [7, 11) is 0. The third kappa shape index (κ3) is 4.13. The van der Waals surface area contributed by atoms with E-state index in [1.165, 1.54) is 4.90 Å². The number of hydrogen-bond donors (Lipinski definition) is 2. The fourth-order valence-corrected chi connectivity index (χ4v) is 3.93. The maximum atomic E-state index is 12.3. The molecule has 2 aliphatic rings. The van der Waals surface area contributed by atoms with Crippen LogP contribution < -0.4 is 16.0 Å². The standard InChI is InChI=1S/C21H25N5O3/c1-13(27)19(29-18-2-5-23-6-3-18)17-9-15(10-24-11-17)16-8-14-4-7-26(21(22)28)20(14)25-12-16/h8-12,18-19,23H,2-7H2,1H3,(H2,22,28). The van der Waals surface area contributed by atoms with Gasteiger partial charge in [0.05, 0.1) is 6.10 Å². The molecule has 2 amide bonds. The number of carbonyl (C=O) groups is 2. The van der Waals surface area contributed by atoms with Crippen LogP contribution in [-0.4, -0.2) is 47.5 Å². The average molecular weight is 395 g/mol. The minimum Gasteiger partial charge on any atom is -0.362 e. The van der Waals surface area contributed by atoms with Crippen molar-refractivity contribution in [1.82, 2.24) is 15.3 Å². The number of carbonyl (C=O) groups excluding carboxylic acids is 2. The van der Waals surface area contributed by atoms with Crippen LogP contribution in [0, 0.1) is 0 Å². The zero-order valence-electron chi connectivity index (χ0n) is 16.4. The zero-order valence-corrected chi connectivity index (χ0v) is 16.4. The van der Waals surface area contributed by atoms with Crippen molar-refractivity contribution in [1.29, 1.82) is 0 Å². The zero-order chi connectivity index (χ0) is 20.4. The molecule has 3 N–H and O–H groups in total. The Morgan fingerprint density at radius 3 is 2.69 bits per heavy atom. The van der Waals surface area contributed by atoms with Crippen molar-refractivity contribution in [3.63, 3.8) is 0 Å². The molecule has 2 aromatic heterocycles. The van der Waals surface area contributed by atoms with Gasteiger partial charge < -0.3 is 15.8 Å². The van der Waals surface area contributed by atoms with Crippen LogP contribution in [0.2, 0.25) is 0 Å². The van der Waals surface area contributed by atoms with E-state index in [1.807, 2.05) is 12.1 Å². The molecule has 8 heteroatoms. The minimum absolute atomic E-state index is 0.0355. The third-order valence-corrected chi connectivity index (χ3v) is 5.45. The molecule has 29 heavy (non-hydrogen) atoms. The van der Waals surface area contributed by atoms with Gasteiger partial charge in [0.15, 0.2) is 5.78 Å². The second-order valence-corrected chi connectivity index (χ2v) is 7.53. The van der Waals surface area contributed by atoms with Crippen molar-refractivity contribution in [2.24, 2.45) is 5.73 Å². The molecule has 1 fully saturated rings. The Morgan fingerprint density at radius 2 is 1.97 bits per heavy atom. The molecular weight excluding hydrogens is 370 g/mol. The fourth-order valence-electron chi connectivity index (χ4n) is 3.93. The number of nitrogens with two attached hydrogens (primary N) is 1. The molecule has 8 nitrogen and oxygen atoms in total. The lowest BCUT2D eigenvalue weighted by Crippen LogP contribution is -2.34. The smallest absolute Gasteiger partial charge is 0.320 e. The number of fused-ring (bicyclic) bond motifs is 1. The summed E-state index contributed by atoms with van der Waals surface area (Å²) in [4.78, 5) is 34.1. The quantitative estimate of drug-likeness (QED) is 0.801. The number of pyridine rings is 2. The third-order valence-electron chi connectivity index (χ3n) is 5.45. The largest absolute Gasteiger partial charge is 0.362 e. The average Bonchev–Trinajstić information content (AvgIpc) is 3.16. The van der Waals surface area contributed by atoms with Crippen LogP contribution in [0.25, 0.3) is 11.1 Å². The number of urea groups is 1. The topological polar surface area (TPSA) is 110 Å². The number of amides is 2. The number of nitrogens with zero attached hydrogens (tertiary/aromatic N) is 3. The van der Waals surface area contributed by atoms with Crippen molar-refractivity contribution in [2.45, 2.75) is 38.4 Å².